The third kappa shape index (κ3) is 4.83. The fraction of sp³-hybridized carbons (Fsp3) is 0.588. The van der Waals surface area contributed by atoms with Gasteiger partial charge in [-0.15, -0.1) is 0 Å². The molecule has 1 rings (SSSR count). The lowest BCUT2D eigenvalue weighted by Crippen LogP contribution is -2.36. The van der Waals surface area contributed by atoms with Crippen molar-refractivity contribution >= 4 is 5.97 Å². The Balaban J connectivity index is 2.55. The Morgan fingerprint density at radius 3 is 2.24 bits per heavy atom. The lowest BCUT2D eigenvalue weighted by Gasteiger charge is -2.29. The van der Waals surface area contributed by atoms with Crippen LogP contribution in [0.1, 0.15) is 50.7 Å². The Bertz CT molecular complexity index is 430. The van der Waals surface area contributed by atoms with Crippen LogP contribution in [0.25, 0.3) is 0 Å². The van der Waals surface area contributed by atoms with Crippen LogP contribution in [0.5, 0.6) is 0 Å². The highest BCUT2D eigenvalue weighted by Gasteiger charge is 2.24. The molecule has 1 aromatic carbocycles. The first-order valence-corrected chi connectivity index (χ1v) is 7.61. The molecule has 0 aromatic heterocycles. The van der Waals surface area contributed by atoms with E-state index in [2.05, 4.69) is 19.2 Å². The standard InChI is InChI=1S/C17H27NO3/c1-4-17(5-2,12-19)11-18-10-14-6-8-15(9-7-14)13(3)16(20)21/h6-9,13,18-19H,4-5,10-12H2,1-3H3,(H,20,21). The number of nitrogens with one attached hydrogen (secondary N) is 1. The van der Waals surface area contributed by atoms with Crippen molar-refractivity contribution in [2.75, 3.05) is 13.2 Å². The normalized spacial score (nSPS) is 13.1. The molecular formula is C17H27NO3. The lowest BCUT2D eigenvalue weighted by atomic mass is 9.83. The Labute approximate surface area is 127 Å². The summed E-state index contributed by atoms with van der Waals surface area (Å²) in [6, 6.07) is 7.66. The minimum absolute atomic E-state index is 0.0439. The molecular weight excluding hydrogens is 266 g/mol. The zero-order chi connectivity index (χ0) is 15.9. The molecule has 0 spiro atoms. The Kier molecular flexibility index (Phi) is 6.85. The topological polar surface area (TPSA) is 69.6 Å². The third-order valence-corrected chi connectivity index (χ3v) is 4.51. The van der Waals surface area contributed by atoms with E-state index >= 15 is 0 Å². The molecule has 0 fully saturated rings. The highest BCUT2D eigenvalue weighted by molar-refractivity contribution is 5.75. The molecule has 1 atom stereocenters. The van der Waals surface area contributed by atoms with Gasteiger partial charge in [0.15, 0.2) is 0 Å². The summed E-state index contributed by atoms with van der Waals surface area (Å²) in [5.41, 5.74) is 1.89. The van der Waals surface area contributed by atoms with Gasteiger partial charge in [-0.2, -0.15) is 0 Å². The van der Waals surface area contributed by atoms with Gasteiger partial charge in [0.2, 0.25) is 0 Å². The molecule has 0 aliphatic rings. The molecule has 0 amide bonds. The second-order valence-electron chi connectivity index (χ2n) is 5.77. The SMILES string of the molecule is CCC(CC)(CO)CNCc1ccc(C(C)C(=O)O)cc1. The molecule has 4 nitrogen and oxygen atoms in total. The maximum absolute atomic E-state index is 10.9. The van der Waals surface area contributed by atoms with E-state index in [4.69, 9.17) is 5.11 Å². The number of carboxylic acids is 1. The Morgan fingerprint density at radius 1 is 1.24 bits per heavy atom. The van der Waals surface area contributed by atoms with Crippen LogP contribution in [0.3, 0.4) is 0 Å². The van der Waals surface area contributed by atoms with Crippen molar-refractivity contribution in [3.05, 3.63) is 35.4 Å². The van der Waals surface area contributed by atoms with Crippen LogP contribution in [0.4, 0.5) is 0 Å². The molecule has 0 heterocycles. The first-order valence-electron chi connectivity index (χ1n) is 7.61. The van der Waals surface area contributed by atoms with Crippen LogP contribution in [0.15, 0.2) is 24.3 Å². The molecule has 0 radical (unpaired) electrons. The average Bonchev–Trinajstić information content (AvgIpc) is 2.52. The van der Waals surface area contributed by atoms with Gasteiger partial charge in [-0.25, -0.2) is 0 Å². The molecule has 3 N–H and O–H groups in total. The summed E-state index contributed by atoms with van der Waals surface area (Å²) in [4.78, 5) is 10.9. The smallest absolute Gasteiger partial charge is 0.310 e. The minimum atomic E-state index is -0.806. The summed E-state index contributed by atoms with van der Waals surface area (Å²) in [6.45, 7) is 7.59. The third-order valence-electron chi connectivity index (χ3n) is 4.51. The molecule has 4 heteroatoms. The van der Waals surface area contributed by atoms with Gasteiger partial charge in [-0.1, -0.05) is 38.1 Å². The summed E-state index contributed by atoms with van der Waals surface area (Å²) in [6.07, 6.45) is 1.89. The van der Waals surface area contributed by atoms with E-state index in [1.54, 1.807) is 6.92 Å². The van der Waals surface area contributed by atoms with Crippen molar-refractivity contribution in [1.82, 2.24) is 5.32 Å². The zero-order valence-electron chi connectivity index (χ0n) is 13.2. The molecule has 0 bridgehead atoms. The van der Waals surface area contributed by atoms with Gasteiger partial charge in [0.25, 0.3) is 0 Å². The van der Waals surface area contributed by atoms with Crippen LogP contribution >= 0.6 is 0 Å². The molecule has 0 saturated heterocycles. The fourth-order valence-corrected chi connectivity index (χ4v) is 2.32. The van der Waals surface area contributed by atoms with Gasteiger partial charge in [-0.05, 0) is 30.9 Å². The molecule has 1 aromatic rings. The maximum Gasteiger partial charge on any atom is 0.310 e. The van der Waals surface area contributed by atoms with E-state index in [9.17, 15) is 9.90 Å². The number of aliphatic hydroxyl groups excluding tert-OH is 1. The number of carbonyl (C=O) groups is 1. The predicted molar refractivity (Wildman–Crippen MR) is 84.3 cm³/mol. The van der Waals surface area contributed by atoms with E-state index in [0.29, 0.717) is 0 Å². The first kappa shape index (κ1) is 17.7. The van der Waals surface area contributed by atoms with Crippen molar-refractivity contribution in [3.8, 4) is 0 Å². The molecule has 21 heavy (non-hydrogen) atoms. The Morgan fingerprint density at radius 2 is 1.81 bits per heavy atom. The summed E-state index contributed by atoms with van der Waals surface area (Å²) < 4.78 is 0. The number of carboxylic acid groups (broad SMARTS) is 1. The summed E-state index contributed by atoms with van der Waals surface area (Å²) in [5.74, 6) is -1.28. The summed E-state index contributed by atoms with van der Waals surface area (Å²) in [7, 11) is 0. The van der Waals surface area contributed by atoms with Gasteiger partial charge in [0.1, 0.15) is 0 Å². The van der Waals surface area contributed by atoms with Crippen LogP contribution in [0.2, 0.25) is 0 Å². The van der Waals surface area contributed by atoms with E-state index in [1.165, 1.54) is 0 Å². The molecule has 0 aliphatic carbocycles. The number of hydrogen-bond acceptors (Lipinski definition) is 3. The monoisotopic (exact) mass is 293 g/mol. The largest absolute Gasteiger partial charge is 0.481 e. The fourth-order valence-electron chi connectivity index (χ4n) is 2.32. The quantitative estimate of drug-likeness (QED) is 0.655. The highest BCUT2D eigenvalue weighted by atomic mass is 16.4. The molecule has 1 unspecified atom stereocenters. The first-order chi connectivity index (χ1) is 9.98. The van der Waals surface area contributed by atoms with E-state index in [0.717, 1.165) is 37.1 Å². The van der Waals surface area contributed by atoms with E-state index in [1.807, 2.05) is 24.3 Å². The van der Waals surface area contributed by atoms with Gasteiger partial charge in [0.05, 0.1) is 5.92 Å². The number of benzene rings is 1. The van der Waals surface area contributed by atoms with Crippen LogP contribution < -0.4 is 5.32 Å². The highest BCUT2D eigenvalue weighted by Crippen LogP contribution is 2.24. The number of hydrogen-bond donors (Lipinski definition) is 3. The van der Waals surface area contributed by atoms with Gasteiger partial charge in [-0.3, -0.25) is 4.79 Å². The zero-order valence-corrected chi connectivity index (χ0v) is 13.2. The second-order valence-corrected chi connectivity index (χ2v) is 5.77. The Hall–Kier alpha value is -1.39. The second kappa shape index (κ2) is 8.15. The van der Waals surface area contributed by atoms with E-state index in [-0.39, 0.29) is 12.0 Å². The maximum atomic E-state index is 10.9. The average molecular weight is 293 g/mol. The van der Waals surface area contributed by atoms with Crippen LogP contribution in [-0.4, -0.2) is 29.3 Å². The number of rotatable bonds is 9. The van der Waals surface area contributed by atoms with Crippen molar-refractivity contribution in [1.29, 1.82) is 0 Å². The van der Waals surface area contributed by atoms with Crippen LogP contribution in [0, 0.1) is 5.41 Å². The summed E-state index contributed by atoms with van der Waals surface area (Å²) >= 11 is 0. The van der Waals surface area contributed by atoms with Gasteiger partial charge < -0.3 is 15.5 Å². The van der Waals surface area contributed by atoms with Crippen molar-refractivity contribution < 1.29 is 15.0 Å². The van der Waals surface area contributed by atoms with E-state index < -0.39 is 11.9 Å². The van der Waals surface area contributed by atoms with Gasteiger partial charge >= 0.3 is 5.97 Å². The van der Waals surface area contributed by atoms with Crippen molar-refractivity contribution in [2.45, 2.75) is 46.1 Å². The molecule has 0 saturated carbocycles. The number of aliphatic hydroxyl groups is 1. The molecule has 118 valence electrons. The lowest BCUT2D eigenvalue weighted by molar-refractivity contribution is -0.138. The molecule has 0 aliphatic heterocycles. The van der Waals surface area contributed by atoms with Crippen LogP contribution in [-0.2, 0) is 11.3 Å². The number of aliphatic carboxylic acids is 1. The predicted octanol–water partition coefficient (Wildman–Crippen LogP) is 2.76. The van der Waals surface area contributed by atoms with Crippen molar-refractivity contribution in [2.24, 2.45) is 5.41 Å². The van der Waals surface area contributed by atoms with Gasteiger partial charge in [0, 0.05) is 25.1 Å². The summed E-state index contributed by atoms with van der Waals surface area (Å²) in [5, 5.41) is 21.9. The van der Waals surface area contributed by atoms with Crippen molar-refractivity contribution in [3.63, 3.8) is 0 Å². The minimum Gasteiger partial charge on any atom is -0.481 e.